The molecule has 3 heteroatoms. The molecular formula is C12H23BrOS. The number of halogens is 1. The largest absolute Gasteiger partial charge is 0.377 e. The molecule has 0 saturated carbocycles. The summed E-state index contributed by atoms with van der Waals surface area (Å²) in [6.45, 7) is 7.95. The van der Waals surface area contributed by atoms with E-state index in [4.69, 9.17) is 4.74 Å². The van der Waals surface area contributed by atoms with Crippen molar-refractivity contribution in [1.29, 1.82) is 0 Å². The van der Waals surface area contributed by atoms with Crippen molar-refractivity contribution in [3.8, 4) is 0 Å². The molecule has 1 nitrogen and oxygen atoms in total. The fourth-order valence-corrected chi connectivity index (χ4v) is 4.71. The number of hydrogen-bond acceptors (Lipinski definition) is 2. The molecule has 1 aliphatic heterocycles. The molecule has 0 aliphatic carbocycles. The van der Waals surface area contributed by atoms with Crippen LogP contribution in [0.15, 0.2) is 0 Å². The second kappa shape index (κ2) is 6.51. The maximum atomic E-state index is 5.62. The van der Waals surface area contributed by atoms with Gasteiger partial charge >= 0.3 is 0 Å². The highest BCUT2D eigenvalue weighted by Crippen LogP contribution is 2.31. The number of alkyl halides is 1. The van der Waals surface area contributed by atoms with Crippen LogP contribution in [0.2, 0.25) is 0 Å². The van der Waals surface area contributed by atoms with Gasteiger partial charge in [0, 0.05) is 17.7 Å². The first kappa shape index (κ1) is 13.9. The summed E-state index contributed by atoms with van der Waals surface area (Å²) in [4.78, 5) is 0. The Labute approximate surface area is 107 Å². The van der Waals surface area contributed by atoms with Gasteiger partial charge in [0.05, 0.1) is 6.10 Å². The summed E-state index contributed by atoms with van der Waals surface area (Å²) in [7, 11) is 0. The summed E-state index contributed by atoms with van der Waals surface area (Å²) >= 11 is 5.68. The van der Waals surface area contributed by atoms with Crippen LogP contribution in [0.25, 0.3) is 0 Å². The third kappa shape index (κ3) is 5.10. The van der Waals surface area contributed by atoms with Crippen molar-refractivity contribution < 1.29 is 4.74 Å². The average molecular weight is 295 g/mol. The molecule has 0 N–H and O–H groups in total. The highest BCUT2D eigenvalue weighted by atomic mass is 79.9. The highest BCUT2D eigenvalue weighted by Gasteiger charge is 2.24. The lowest BCUT2D eigenvalue weighted by Crippen LogP contribution is -2.24. The van der Waals surface area contributed by atoms with E-state index < -0.39 is 0 Å². The maximum Gasteiger partial charge on any atom is 0.0666 e. The smallest absolute Gasteiger partial charge is 0.0666 e. The zero-order valence-electron chi connectivity index (χ0n) is 10.1. The molecule has 0 aromatic heterocycles. The first-order valence-electron chi connectivity index (χ1n) is 5.79. The Kier molecular flexibility index (Phi) is 6.01. The molecule has 0 spiro atoms. The molecule has 1 saturated heterocycles. The van der Waals surface area contributed by atoms with Crippen LogP contribution in [0.1, 0.15) is 33.6 Å². The van der Waals surface area contributed by atoms with Crippen molar-refractivity contribution in [1.82, 2.24) is 0 Å². The van der Waals surface area contributed by atoms with E-state index in [0.717, 1.165) is 17.9 Å². The van der Waals surface area contributed by atoms with Gasteiger partial charge in [-0.25, -0.2) is 0 Å². The average Bonchev–Trinajstić information content (AvgIpc) is 2.62. The second-order valence-corrected chi connectivity index (χ2v) is 7.11. The lowest BCUT2D eigenvalue weighted by molar-refractivity contribution is 0.128. The predicted molar refractivity (Wildman–Crippen MR) is 73.0 cm³/mol. The molecule has 90 valence electrons. The molecule has 2 unspecified atom stereocenters. The van der Waals surface area contributed by atoms with Crippen LogP contribution in [0.4, 0.5) is 0 Å². The van der Waals surface area contributed by atoms with Crippen LogP contribution in [0, 0.1) is 11.3 Å². The van der Waals surface area contributed by atoms with Gasteiger partial charge in [0.25, 0.3) is 0 Å². The molecule has 0 radical (unpaired) electrons. The van der Waals surface area contributed by atoms with Gasteiger partial charge in [-0.15, -0.1) is 0 Å². The minimum atomic E-state index is 0.410. The van der Waals surface area contributed by atoms with E-state index >= 15 is 0 Å². The van der Waals surface area contributed by atoms with E-state index in [2.05, 4.69) is 48.5 Å². The van der Waals surface area contributed by atoms with Crippen LogP contribution in [0.3, 0.4) is 0 Å². The van der Waals surface area contributed by atoms with Crippen LogP contribution in [-0.4, -0.2) is 29.5 Å². The summed E-state index contributed by atoms with van der Waals surface area (Å²) in [5.74, 6) is 3.18. The Hall–Kier alpha value is 0.790. The molecule has 0 aromatic rings. The number of ether oxygens (including phenoxy) is 1. The van der Waals surface area contributed by atoms with Gasteiger partial charge in [-0.05, 0) is 29.9 Å². The van der Waals surface area contributed by atoms with Crippen molar-refractivity contribution in [3.05, 3.63) is 0 Å². The molecule has 0 aromatic carbocycles. The first-order valence-corrected chi connectivity index (χ1v) is 8.07. The lowest BCUT2D eigenvalue weighted by Gasteiger charge is -2.29. The molecule has 1 fully saturated rings. The second-order valence-electron chi connectivity index (χ2n) is 5.39. The molecular weight excluding hydrogens is 272 g/mol. The summed E-state index contributed by atoms with van der Waals surface area (Å²) in [6.07, 6.45) is 3.05. The van der Waals surface area contributed by atoms with Crippen molar-refractivity contribution >= 4 is 27.7 Å². The minimum Gasteiger partial charge on any atom is -0.377 e. The minimum absolute atomic E-state index is 0.410. The molecule has 0 amide bonds. The number of rotatable bonds is 5. The third-order valence-electron chi connectivity index (χ3n) is 3.06. The first-order chi connectivity index (χ1) is 7.04. The van der Waals surface area contributed by atoms with Gasteiger partial charge in [-0.2, -0.15) is 11.8 Å². The fourth-order valence-electron chi connectivity index (χ4n) is 1.64. The summed E-state index contributed by atoms with van der Waals surface area (Å²) in [5, 5.41) is 1.11. The molecule has 0 bridgehead atoms. The van der Waals surface area contributed by atoms with Crippen molar-refractivity contribution in [2.45, 2.75) is 39.7 Å². The molecule has 1 rings (SSSR count). The monoisotopic (exact) mass is 294 g/mol. The van der Waals surface area contributed by atoms with Crippen molar-refractivity contribution in [2.75, 3.05) is 23.4 Å². The van der Waals surface area contributed by atoms with Gasteiger partial charge in [-0.3, -0.25) is 0 Å². The van der Waals surface area contributed by atoms with E-state index in [-0.39, 0.29) is 0 Å². The number of hydrogen-bond donors (Lipinski definition) is 0. The summed E-state index contributed by atoms with van der Waals surface area (Å²) < 4.78 is 5.62. The van der Waals surface area contributed by atoms with Crippen molar-refractivity contribution in [2.24, 2.45) is 11.3 Å². The van der Waals surface area contributed by atoms with E-state index in [9.17, 15) is 0 Å². The lowest BCUT2D eigenvalue weighted by atomic mass is 9.83. The van der Waals surface area contributed by atoms with E-state index in [1.54, 1.807) is 0 Å². The summed E-state index contributed by atoms with van der Waals surface area (Å²) in [6, 6.07) is 0. The van der Waals surface area contributed by atoms with Crippen molar-refractivity contribution in [3.63, 3.8) is 0 Å². The topological polar surface area (TPSA) is 9.23 Å². The third-order valence-corrected chi connectivity index (χ3v) is 5.08. The SMILES string of the molecule is CC(C)(C)C(CBr)CSCC1CCCO1. The van der Waals surface area contributed by atoms with Crippen LogP contribution in [-0.2, 0) is 4.74 Å². The molecule has 1 aliphatic rings. The quantitative estimate of drug-likeness (QED) is 0.710. The van der Waals surface area contributed by atoms with E-state index in [1.165, 1.54) is 24.3 Å². The highest BCUT2D eigenvalue weighted by molar-refractivity contribution is 9.09. The Bertz CT molecular complexity index is 173. The summed E-state index contributed by atoms with van der Waals surface area (Å²) in [5.41, 5.74) is 0.410. The van der Waals surface area contributed by atoms with Crippen LogP contribution in [0.5, 0.6) is 0 Å². The molecule has 2 atom stereocenters. The van der Waals surface area contributed by atoms with Crippen LogP contribution >= 0.6 is 27.7 Å². The van der Waals surface area contributed by atoms with Crippen LogP contribution < -0.4 is 0 Å². The Morgan fingerprint density at radius 3 is 2.67 bits per heavy atom. The Balaban J connectivity index is 2.16. The van der Waals surface area contributed by atoms with E-state index in [0.29, 0.717) is 11.5 Å². The Morgan fingerprint density at radius 2 is 2.20 bits per heavy atom. The maximum absolute atomic E-state index is 5.62. The predicted octanol–water partition coefficient (Wildman–Crippen LogP) is 3.96. The van der Waals surface area contributed by atoms with Gasteiger partial charge in [-0.1, -0.05) is 36.7 Å². The van der Waals surface area contributed by atoms with Gasteiger partial charge in [0.15, 0.2) is 0 Å². The van der Waals surface area contributed by atoms with Gasteiger partial charge < -0.3 is 4.74 Å². The normalized spacial score (nSPS) is 24.4. The Morgan fingerprint density at radius 1 is 1.47 bits per heavy atom. The zero-order chi connectivity index (χ0) is 11.3. The fraction of sp³-hybridized carbons (Fsp3) is 1.00. The number of thioether (sulfide) groups is 1. The zero-order valence-corrected chi connectivity index (χ0v) is 12.5. The standard InChI is InChI=1S/C12H23BrOS/c1-12(2,3)10(7-13)8-15-9-11-5-4-6-14-11/h10-11H,4-9H2,1-3H3. The van der Waals surface area contributed by atoms with Gasteiger partial charge in [0.2, 0.25) is 0 Å². The molecule has 15 heavy (non-hydrogen) atoms. The van der Waals surface area contributed by atoms with Gasteiger partial charge in [0.1, 0.15) is 0 Å². The van der Waals surface area contributed by atoms with E-state index in [1.807, 2.05) is 0 Å². The molecule has 1 heterocycles.